The Labute approximate surface area is 104 Å². The van der Waals surface area contributed by atoms with Gasteiger partial charge in [0.05, 0.1) is 4.47 Å². The highest BCUT2D eigenvalue weighted by molar-refractivity contribution is 9.10. The predicted octanol–water partition coefficient (Wildman–Crippen LogP) is 2.84. The van der Waals surface area contributed by atoms with E-state index in [1.807, 2.05) is 6.07 Å². The average molecular weight is 290 g/mol. The maximum atomic E-state index is 13.2. The van der Waals surface area contributed by atoms with Gasteiger partial charge in [-0.3, -0.25) is 0 Å². The Kier molecular flexibility index (Phi) is 5.95. The molecule has 0 spiro atoms. The van der Waals surface area contributed by atoms with Gasteiger partial charge in [0.25, 0.3) is 0 Å². The molecule has 0 amide bonds. The third-order valence-electron chi connectivity index (χ3n) is 2.55. The molecule has 0 saturated heterocycles. The zero-order valence-electron chi connectivity index (χ0n) is 9.34. The van der Waals surface area contributed by atoms with Gasteiger partial charge in [0, 0.05) is 19.2 Å². The first-order valence-electron chi connectivity index (χ1n) is 5.45. The van der Waals surface area contributed by atoms with Crippen LogP contribution in [0.4, 0.5) is 4.39 Å². The number of halogens is 2. The standard InChI is InChI=1S/C12H17BrFNO/c1-2-10(5-6-16)15-8-9-3-4-11(13)12(14)7-9/h3-4,7,10,15-16H,2,5-6,8H2,1H3. The molecule has 0 aromatic heterocycles. The molecule has 0 aliphatic rings. The number of benzene rings is 1. The van der Waals surface area contributed by atoms with Crippen molar-refractivity contribution < 1.29 is 9.50 Å². The molecule has 1 rings (SSSR count). The molecule has 0 aliphatic heterocycles. The summed E-state index contributed by atoms with van der Waals surface area (Å²) in [6, 6.07) is 5.39. The van der Waals surface area contributed by atoms with E-state index in [-0.39, 0.29) is 18.5 Å². The van der Waals surface area contributed by atoms with Crippen molar-refractivity contribution in [2.75, 3.05) is 6.61 Å². The summed E-state index contributed by atoms with van der Waals surface area (Å²) in [6.07, 6.45) is 1.69. The molecule has 90 valence electrons. The Hall–Kier alpha value is -0.450. The number of hydrogen-bond donors (Lipinski definition) is 2. The van der Waals surface area contributed by atoms with E-state index in [2.05, 4.69) is 28.2 Å². The van der Waals surface area contributed by atoms with Crippen LogP contribution in [0.1, 0.15) is 25.3 Å². The Bertz CT molecular complexity index is 333. The van der Waals surface area contributed by atoms with E-state index in [1.165, 1.54) is 6.07 Å². The van der Waals surface area contributed by atoms with Crippen molar-refractivity contribution in [2.45, 2.75) is 32.4 Å². The third kappa shape index (κ3) is 4.20. The fourth-order valence-corrected chi connectivity index (χ4v) is 1.76. The minimum atomic E-state index is -0.241. The van der Waals surface area contributed by atoms with Crippen LogP contribution in [0, 0.1) is 5.82 Å². The molecule has 1 aromatic rings. The summed E-state index contributed by atoms with van der Waals surface area (Å²) in [5.41, 5.74) is 0.914. The van der Waals surface area contributed by atoms with Gasteiger partial charge < -0.3 is 10.4 Å². The van der Waals surface area contributed by atoms with Crippen LogP contribution in [0.2, 0.25) is 0 Å². The lowest BCUT2D eigenvalue weighted by Gasteiger charge is -2.15. The Morgan fingerprint density at radius 2 is 2.25 bits per heavy atom. The van der Waals surface area contributed by atoms with Gasteiger partial charge in [-0.2, -0.15) is 0 Å². The molecule has 0 radical (unpaired) electrons. The van der Waals surface area contributed by atoms with Crippen LogP contribution in [0.5, 0.6) is 0 Å². The number of aliphatic hydroxyl groups excluding tert-OH is 1. The molecule has 1 aromatic carbocycles. The molecule has 0 bridgehead atoms. The van der Waals surface area contributed by atoms with E-state index in [0.717, 1.165) is 18.4 Å². The maximum Gasteiger partial charge on any atom is 0.137 e. The first kappa shape index (κ1) is 13.6. The minimum absolute atomic E-state index is 0.181. The Balaban J connectivity index is 2.50. The number of rotatable bonds is 6. The molecular formula is C12H17BrFNO. The van der Waals surface area contributed by atoms with E-state index in [1.54, 1.807) is 6.07 Å². The zero-order valence-corrected chi connectivity index (χ0v) is 10.9. The summed E-state index contributed by atoms with van der Waals surface area (Å²) in [5.74, 6) is -0.241. The molecular weight excluding hydrogens is 273 g/mol. The first-order chi connectivity index (χ1) is 7.67. The SMILES string of the molecule is CCC(CCO)NCc1ccc(Br)c(F)c1. The molecule has 1 atom stereocenters. The van der Waals surface area contributed by atoms with E-state index >= 15 is 0 Å². The third-order valence-corrected chi connectivity index (χ3v) is 3.19. The molecule has 4 heteroatoms. The van der Waals surface area contributed by atoms with Gasteiger partial charge in [-0.25, -0.2) is 4.39 Å². The van der Waals surface area contributed by atoms with Crippen molar-refractivity contribution in [1.29, 1.82) is 0 Å². The van der Waals surface area contributed by atoms with Gasteiger partial charge in [0.2, 0.25) is 0 Å². The van der Waals surface area contributed by atoms with Crippen molar-refractivity contribution in [2.24, 2.45) is 0 Å². The Morgan fingerprint density at radius 1 is 1.50 bits per heavy atom. The topological polar surface area (TPSA) is 32.3 Å². The van der Waals surface area contributed by atoms with Crippen LogP contribution in [0.3, 0.4) is 0 Å². The molecule has 1 unspecified atom stereocenters. The van der Waals surface area contributed by atoms with E-state index in [9.17, 15) is 4.39 Å². The second-order valence-electron chi connectivity index (χ2n) is 3.75. The number of nitrogens with one attached hydrogen (secondary N) is 1. The predicted molar refractivity (Wildman–Crippen MR) is 66.7 cm³/mol. The van der Waals surface area contributed by atoms with Gasteiger partial charge in [-0.05, 0) is 46.5 Å². The van der Waals surface area contributed by atoms with E-state index in [0.29, 0.717) is 11.0 Å². The minimum Gasteiger partial charge on any atom is -0.396 e. The van der Waals surface area contributed by atoms with Crippen molar-refractivity contribution >= 4 is 15.9 Å². The normalized spacial score (nSPS) is 12.8. The van der Waals surface area contributed by atoms with Gasteiger partial charge in [0.1, 0.15) is 5.82 Å². The Morgan fingerprint density at radius 3 is 2.81 bits per heavy atom. The first-order valence-corrected chi connectivity index (χ1v) is 6.24. The molecule has 16 heavy (non-hydrogen) atoms. The van der Waals surface area contributed by atoms with Crippen LogP contribution < -0.4 is 5.32 Å². The lowest BCUT2D eigenvalue weighted by Crippen LogP contribution is -2.28. The molecule has 0 saturated carbocycles. The molecule has 0 heterocycles. The molecule has 2 N–H and O–H groups in total. The summed E-state index contributed by atoms with van der Waals surface area (Å²) in [6.45, 7) is 2.87. The van der Waals surface area contributed by atoms with Crippen molar-refractivity contribution in [3.63, 3.8) is 0 Å². The van der Waals surface area contributed by atoms with Crippen LogP contribution in [0.25, 0.3) is 0 Å². The smallest absolute Gasteiger partial charge is 0.137 e. The second-order valence-corrected chi connectivity index (χ2v) is 4.60. The van der Waals surface area contributed by atoms with Crippen molar-refractivity contribution in [1.82, 2.24) is 5.32 Å². The van der Waals surface area contributed by atoms with Crippen molar-refractivity contribution in [3.8, 4) is 0 Å². The summed E-state index contributed by atoms with van der Waals surface area (Å²) >= 11 is 3.12. The average Bonchev–Trinajstić information content (AvgIpc) is 2.28. The van der Waals surface area contributed by atoms with Crippen LogP contribution in [0.15, 0.2) is 22.7 Å². The zero-order chi connectivity index (χ0) is 12.0. The fourth-order valence-electron chi connectivity index (χ4n) is 1.52. The number of hydrogen-bond acceptors (Lipinski definition) is 2. The second kappa shape index (κ2) is 6.99. The summed E-state index contributed by atoms with van der Waals surface area (Å²) in [5, 5.41) is 12.1. The van der Waals surface area contributed by atoms with Gasteiger partial charge in [-0.1, -0.05) is 13.0 Å². The van der Waals surface area contributed by atoms with Gasteiger partial charge in [0.15, 0.2) is 0 Å². The molecule has 0 aliphatic carbocycles. The quantitative estimate of drug-likeness (QED) is 0.844. The maximum absolute atomic E-state index is 13.2. The van der Waals surface area contributed by atoms with Gasteiger partial charge in [-0.15, -0.1) is 0 Å². The van der Waals surface area contributed by atoms with Crippen LogP contribution in [-0.2, 0) is 6.54 Å². The highest BCUT2D eigenvalue weighted by atomic mass is 79.9. The monoisotopic (exact) mass is 289 g/mol. The largest absolute Gasteiger partial charge is 0.396 e. The highest BCUT2D eigenvalue weighted by Crippen LogP contribution is 2.16. The summed E-state index contributed by atoms with van der Waals surface area (Å²) in [4.78, 5) is 0. The van der Waals surface area contributed by atoms with E-state index in [4.69, 9.17) is 5.11 Å². The summed E-state index contributed by atoms with van der Waals surface area (Å²) in [7, 11) is 0. The van der Waals surface area contributed by atoms with Crippen LogP contribution in [-0.4, -0.2) is 17.8 Å². The van der Waals surface area contributed by atoms with Crippen molar-refractivity contribution in [3.05, 3.63) is 34.1 Å². The summed E-state index contributed by atoms with van der Waals surface area (Å²) < 4.78 is 13.7. The lowest BCUT2D eigenvalue weighted by molar-refractivity contribution is 0.262. The fraction of sp³-hybridized carbons (Fsp3) is 0.500. The van der Waals surface area contributed by atoms with Gasteiger partial charge >= 0.3 is 0 Å². The highest BCUT2D eigenvalue weighted by Gasteiger charge is 2.05. The lowest BCUT2D eigenvalue weighted by atomic mass is 10.1. The van der Waals surface area contributed by atoms with Crippen LogP contribution >= 0.6 is 15.9 Å². The molecule has 2 nitrogen and oxygen atoms in total. The molecule has 0 fully saturated rings. The van der Waals surface area contributed by atoms with E-state index < -0.39 is 0 Å². The number of aliphatic hydroxyl groups is 1.